The number of nitrogens with one attached hydrogen (secondary N) is 2. The number of carboxylic acids is 1. The highest BCUT2D eigenvalue weighted by Crippen LogP contribution is 2.17. The number of carbonyl (C=O) groups excluding carboxylic acids is 1. The number of anilines is 1. The SMILES string of the molecule is CC(C)(C)CCNC(=O)Nc1cccc(C(=O)O)c1. The Kier molecular flexibility index (Phi) is 4.92. The number of carbonyl (C=O) groups is 2. The predicted molar refractivity (Wildman–Crippen MR) is 74.5 cm³/mol. The van der Waals surface area contributed by atoms with E-state index < -0.39 is 5.97 Å². The molecule has 0 saturated carbocycles. The minimum absolute atomic E-state index is 0.146. The zero-order valence-electron chi connectivity index (χ0n) is 11.5. The van der Waals surface area contributed by atoms with Gasteiger partial charge in [-0.3, -0.25) is 0 Å². The molecule has 0 unspecified atom stereocenters. The molecule has 0 aliphatic heterocycles. The van der Waals surface area contributed by atoms with E-state index >= 15 is 0 Å². The molecule has 0 heterocycles. The number of carboxylic acid groups (broad SMARTS) is 1. The molecule has 104 valence electrons. The maximum Gasteiger partial charge on any atom is 0.335 e. The van der Waals surface area contributed by atoms with Gasteiger partial charge in [0.25, 0.3) is 0 Å². The molecule has 0 aliphatic carbocycles. The van der Waals surface area contributed by atoms with Gasteiger partial charge in [0.1, 0.15) is 0 Å². The number of hydrogen-bond acceptors (Lipinski definition) is 2. The van der Waals surface area contributed by atoms with E-state index in [-0.39, 0.29) is 17.0 Å². The van der Waals surface area contributed by atoms with Crippen LogP contribution in [0.3, 0.4) is 0 Å². The molecule has 5 heteroatoms. The van der Waals surface area contributed by atoms with Gasteiger partial charge in [0.2, 0.25) is 0 Å². The van der Waals surface area contributed by atoms with Crippen LogP contribution in [0, 0.1) is 5.41 Å². The van der Waals surface area contributed by atoms with Crippen LogP contribution in [-0.4, -0.2) is 23.7 Å². The first kappa shape index (κ1) is 15.0. The summed E-state index contributed by atoms with van der Waals surface area (Å²) in [7, 11) is 0. The lowest BCUT2D eigenvalue weighted by molar-refractivity contribution is 0.0697. The smallest absolute Gasteiger partial charge is 0.335 e. The maximum atomic E-state index is 11.6. The van der Waals surface area contributed by atoms with Crippen LogP contribution in [-0.2, 0) is 0 Å². The number of urea groups is 1. The van der Waals surface area contributed by atoms with Gasteiger partial charge in [0, 0.05) is 12.2 Å². The molecule has 0 aromatic heterocycles. The van der Waals surface area contributed by atoms with Gasteiger partial charge in [0.05, 0.1) is 5.56 Å². The van der Waals surface area contributed by atoms with Crippen LogP contribution < -0.4 is 10.6 Å². The topological polar surface area (TPSA) is 78.4 Å². The van der Waals surface area contributed by atoms with Crippen LogP contribution in [0.25, 0.3) is 0 Å². The molecule has 0 aliphatic rings. The molecule has 0 radical (unpaired) electrons. The predicted octanol–water partition coefficient (Wildman–Crippen LogP) is 2.94. The fourth-order valence-electron chi connectivity index (χ4n) is 1.46. The van der Waals surface area contributed by atoms with Crippen LogP contribution in [0.1, 0.15) is 37.6 Å². The molecule has 1 rings (SSSR count). The quantitative estimate of drug-likeness (QED) is 0.782. The number of benzene rings is 1. The second-order valence-electron chi connectivity index (χ2n) is 5.58. The second kappa shape index (κ2) is 6.22. The third kappa shape index (κ3) is 5.90. The van der Waals surface area contributed by atoms with Gasteiger partial charge < -0.3 is 15.7 Å². The summed E-state index contributed by atoms with van der Waals surface area (Å²) in [6, 6.07) is 5.81. The number of rotatable bonds is 4. The Bertz CT molecular complexity index is 464. The minimum atomic E-state index is -1.02. The molecule has 0 saturated heterocycles. The Balaban J connectivity index is 2.48. The van der Waals surface area contributed by atoms with Gasteiger partial charge in [-0.15, -0.1) is 0 Å². The summed E-state index contributed by atoms with van der Waals surface area (Å²) in [6.07, 6.45) is 0.871. The van der Waals surface area contributed by atoms with Gasteiger partial charge in [0.15, 0.2) is 0 Å². The Morgan fingerprint density at radius 1 is 1.26 bits per heavy atom. The van der Waals surface area contributed by atoms with Crippen molar-refractivity contribution in [2.75, 3.05) is 11.9 Å². The summed E-state index contributed by atoms with van der Waals surface area (Å²) in [6.45, 7) is 6.88. The fourth-order valence-corrected chi connectivity index (χ4v) is 1.46. The molecule has 3 N–H and O–H groups in total. The Hall–Kier alpha value is -2.04. The minimum Gasteiger partial charge on any atom is -0.478 e. The molecule has 0 atom stereocenters. The molecular weight excluding hydrogens is 244 g/mol. The largest absolute Gasteiger partial charge is 0.478 e. The maximum absolute atomic E-state index is 11.6. The Morgan fingerprint density at radius 3 is 2.53 bits per heavy atom. The van der Waals surface area contributed by atoms with Crippen LogP contribution in [0.4, 0.5) is 10.5 Å². The standard InChI is InChI=1S/C14H20N2O3/c1-14(2,3)7-8-15-13(19)16-11-6-4-5-10(9-11)12(17)18/h4-6,9H,7-8H2,1-3H3,(H,17,18)(H2,15,16,19). The molecule has 2 amide bonds. The van der Waals surface area contributed by atoms with Gasteiger partial charge in [-0.2, -0.15) is 0 Å². The van der Waals surface area contributed by atoms with Crippen LogP contribution in [0.2, 0.25) is 0 Å². The normalized spacial score (nSPS) is 10.9. The van der Waals surface area contributed by atoms with Crippen molar-refractivity contribution < 1.29 is 14.7 Å². The first-order valence-electron chi connectivity index (χ1n) is 6.16. The summed E-state index contributed by atoms with van der Waals surface area (Å²) < 4.78 is 0. The summed E-state index contributed by atoms with van der Waals surface area (Å²) in [4.78, 5) is 22.4. The van der Waals surface area contributed by atoms with Crippen molar-refractivity contribution in [2.45, 2.75) is 27.2 Å². The third-order valence-electron chi connectivity index (χ3n) is 2.53. The highest BCUT2D eigenvalue weighted by Gasteiger charge is 2.10. The van der Waals surface area contributed by atoms with E-state index in [4.69, 9.17) is 5.11 Å². The first-order valence-corrected chi connectivity index (χ1v) is 6.16. The van der Waals surface area contributed by atoms with Crippen molar-refractivity contribution in [2.24, 2.45) is 5.41 Å². The molecule has 1 aromatic rings. The van der Waals surface area contributed by atoms with E-state index in [1.807, 2.05) is 0 Å². The van der Waals surface area contributed by atoms with E-state index in [0.29, 0.717) is 12.2 Å². The van der Waals surface area contributed by atoms with E-state index in [1.165, 1.54) is 12.1 Å². The zero-order chi connectivity index (χ0) is 14.5. The highest BCUT2D eigenvalue weighted by molar-refractivity contribution is 5.93. The second-order valence-corrected chi connectivity index (χ2v) is 5.58. The summed E-state index contributed by atoms with van der Waals surface area (Å²) in [5, 5.41) is 14.2. The summed E-state index contributed by atoms with van der Waals surface area (Å²) >= 11 is 0. The van der Waals surface area contributed by atoms with Gasteiger partial charge >= 0.3 is 12.0 Å². The number of hydrogen-bond donors (Lipinski definition) is 3. The van der Waals surface area contributed by atoms with Crippen molar-refractivity contribution in [1.29, 1.82) is 0 Å². The van der Waals surface area contributed by atoms with Crippen molar-refractivity contribution >= 4 is 17.7 Å². The van der Waals surface area contributed by atoms with E-state index in [0.717, 1.165) is 6.42 Å². The highest BCUT2D eigenvalue weighted by atomic mass is 16.4. The van der Waals surface area contributed by atoms with Crippen LogP contribution in [0.15, 0.2) is 24.3 Å². The lowest BCUT2D eigenvalue weighted by atomic mass is 9.92. The molecular formula is C14H20N2O3. The molecule has 0 spiro atoms. The number of amides is 2. The van der Waals surface area contributed by atoms with Gasteiger partial charge in [-0.25, -0.2) is 9.59 Å². The summed E-state index contributed by atoms with van der Waals surface area (Å²) in [5.41, 5.74) is 0.775. The fraction of sp³-hybridized carbons (Fsp3) is 0.429. The van der Waals surface area contributed by atoms with Gasteiger partial charge in [-0.05, 0) is 30.0 Å². The van der Waals surface area contributed by atoms with Crippen molar-refractivity contribution in [3.8, 4) is 0 Å². The lowest BCUT2D eigenvalue weighted by Crippen LogP contribution is -2.31. The van der Waals surface area contributed by atoms with Crippen molar-refractivity contribution in [3.63, 3.8) is 0 Å². The van der Waals surface area contributed by atoms with E-state index in [1.54, 1.807) is 12.1 Å². The third-order valence-corrected chi connectivity index (χ3v) is 2.53. The Labute approximate surface area is 113 Å². The molecule has 1 aromatic carbocycles. The van der Waals surface area contributed by atoms with E-state index in [2.05, 4.69) is 31.4 Å². The first-order chi connectivity index (χ1) is 8.78. The van der Waals surface area contributed by atoms with Gasteiger partial charge in [-0.1, -0.05) is 26.8 Å². The molecule has 5 nitrogen and oxygen atoms in total. The molecule has 0 bridgehead atoms. The van der Waals surface area contributed by atoms with Crippen LogP contribution in [0.5, 0.6) is 0 Å². The average molecular weight is 264 g/mol. The van der Waals surface area contributed by atoms with Crippen LogP contribution >= 0.6 is 0 Å². The lowest BCUT2D eigenvalue weighted by Gasteiger charge is -2.18. The Morgan fingerprint density at radius 2 is 1.95 bits per heavy atom. The van der Waals surface area contributed by atoms with E-state index in [9.17, 15) is 9.59 Å². The average Bonchev–Trinajstić information content (AvgIpc) is 2.27. The summed E-state index contributed by atoms with van der Waals surface area (Å²) in [5.74, 6) is -1.02. The molecule has 19 heavy (non-hydrogen) atoms. The zero-order valence-corrected chi connectivity index (χ0v) is 11.5. The van der Waals surface area contributed by atoms with Crippen molar-refractivity contribution in [1.82, 2.24) is 5.32 Å². The molecule has 0 fully saturated rings. The van der Waals surface area contributed by atoms with Crippen molar-refractivity contribution in [3.05, 3.63) is 29.8 Å². The number of aromatic carboxylic acids is 1. The monoisotopic (exact) mass is 264 g/mol.